The normalized spacial score (nSPS) is 11.8. The molecule has 1 aromatic heterocycles. The molecule has 1 heterocycles. The van der Waals surface area contributed by atoms with E-state index in [1.807, 2.05) is 31.2 Å². The van der Waals surface area contributed by atoms with Crippen LogP contribution >= 0.6 is 0 Å². The van der Waals surface area contributed by atoms with Gasteiger partial charge in [0.05, 0.1) is 18.4 Å². The second-order valence-electron chi connectivity index (χ2n) is 4.64. The molecule has 1 atom stereocenters. The molecule has 0 aliphatic rings. The van der Waals surface area contributed by atoms with Gasteiger partial charge < -0.3 is 15.2 Å². The largest absolute Gasteiger partial charge is 0.487 e. The van der Waals surface area contributed by atoms with E-state index >= 15 is 0 Å². The third-order valence-electron chi connectivity index (χ3n) is 3.03. The van der Waals surface area contributed by atoms with Crippen LogP contribution in [-0.4, -0.2) is 18.1 Å². The highest BCUT2D eigenvalue weighted by atomic mass is 16.5. The molecular formula is C16H18N2O3. The van der Waals surface area contributed by atoms with Crippen molar-refractivity contribution in [2.45, 2.75) is 19.6 Å². The van der Waals surface area contributed by atoms with Crippen molar-refractivity contribution in [2.75, 3.05) is 7.11 Å². The van der Waals surface area contributed by atoms with Crippen LogP contribution in [0.15, 0.2) is 42.6 Å². The highest BCUT2D eigenvalue weighted by Gasteiger charge is 2.09. The molecule has 0 aliphatic carbocycles. The van der Waals surface area contributed by atoms with Crippen LogP contribution in [0.25, 0.3) is 0 Å². The Kier molecular flexibility index (Phi) is 4.90. The number of hydrogen-bond acceptors (Lipinski definition) is 5. The number of aromatic nitrogens is 1. The first-order valence-electron chi connectivity index (χ1n) is 6.62. The van der Waals surface area contributed by atoms with E-state index in [1.54, 1.807) is 12.1 Å². The minimum Gasteiger partial charge on any atom is -0.487 e. The van der Waals surface area contributed by atoms with Gasteiger partial charge in [-0.1, -0.05) is 18.2 Å². The van der Waals surface area contributed by atoms with Crippen molar-refractivity contribution in [3.63, 3.8) is 0 Å². The lowest BCUT2D eigenvalue weighted by atomic mass is 10.1. The van der Waals surface area contributed by atoms with Gasteiger partial charge in [-0.3, -0.25) is 4.98 Å². The van der Waals surface area contributed by atoms with Gasteiger partial charge in [0, 0.05) is 17.8 Å². The highest BCUT2D eigenvalue weighted by molar-refractivity contribution is 5.88. The second-order valence-corrected chi connectivity index (χ2v) is 4.64. The molecule has 0 bridgehead atoms. The molecule has 0 aliphatic heterocycles. The molecule has 0 saturated carbocycles. The molecule has 21 heavy (non-hydrogen) atoms. The Morgan fingerprint density at radius 3 is 2.67 bits per heavy atom. The van der Waals surface area contributed by atoms with Crippen LogP contribution in [0.5, 0.6) is 5.75 Å². The van der Waals surface area contributed by atoms with E-state index in [4.69, 9.17) is 10.5 Å². The number of benzene rings is 1. The van der Waals surface area contributed by atoms with Crippen molar-refractivity contribution < 1.29 is 14.3 Å². The zero-order chi connectivity index (χ0) is 15.2. The van der Waals surface area contributed by atoms with Crippen molar-refractivity contribution in [1.82, 2.24) is 4.98 Å². The summed E-state index contributed by atoms with van der Waals surface area (Å²) in [7, 11) is 1.34. The van der Waals surface area contributed by atoms with Crippen LogP contribution in [0.3, 0.4) is 0 Å². The van der Waals surface area contributed by atoms with Crippen LogP contribution in [-0.2, 0) is 11.3 Å². The SMILES string of the molecule is COC(=O)c1ccc(COc2ccccc2[C@H](C)N)nc1. The van der Waals surface area contributed by atoms with Crippen molar-refractivity contribution in [3.8, 4) is 5.75 Å². The van der Waals surface area contributed by atoms with Gasteiger partial charge >= 0.3 is 5.97 Å². The van der Waals surface area contributed by atoms with Gasteiger partial charge in [-0.15, -0.1) is 0 Å². The summed E-state index contributed by atoms with van der Waals surface area (Å²) in [4.78, 5) is 15.5. The Hall–Kier alpha value is -2.40. The average molecular weight is 286 g/mol. The maximum Gasteiger partial charge on any atom is 0.339 e. The number of nitrogens with two attached hydrogens (primary N) is 1. The van der Waals surface area contributed by atoms with E-state index in [-0.39, 0.29) is 6.04 Å². The zero-order valence-electron chi connectivity index (χ0n) is 12.1. The van der Waals surface area contributed by atoms with Crippen LogP contribution < -0.4 is 10.5 Å². The van der Waals surface area contributed by atoms with Crippen LogP contribution in [0.1, 0.15) is 34.6 Å². The first-order valence-corrected chi connectivity index (χ1v) is 6.62. The molecule has 0 radical (unpaired) electrons. The van der Waals surface area contributed by atoms with Gasteiger partial charge in [-0.2, -0.15) is 0 Å². The van der Waals surface area contributed by atoms with Gasteiger partial charge in [0.15, 0.2) is 0 Å². The van der Waals surface area contributed by atoms with Crippen LogP contribution in [0.2, 0.25) is 0 Å². The number of carbonyl (C=O) groups is 1. The number of esters is 1. The standard InChI is InChI=1S/C16H18N2O3/c1-11(17)14-5-3-4-6-15(14)21-10-13-8-7-12(9-18-13)16(19)20-2/h3-9,11H,10,17H2,1-2H3/t11-/m0/s1. The number of carbonyl (C=O) groups excluding carboxylic acids is 1. The number of methoxy groups -OCH3 is 1. The molecule has 1 aromatic carbocycles. The molecule has 0 fully saturated rings. The third-order valence-corrected chi connectivity index (χ3v) is 3.03. The monoisotopic (exact) mass is 286 g/mol. The number of rotatable bonds is 5. The van der Waals surface area contributed by atoms with E-state index in [9.17, 15) is 4.79 Å². The topological polar surface area (TPSA) is 74.4 Å². The summed E-state index contributed by atoms with van der Waals surface area (Å²) in [5, 5.41) is 0. The first-order chi connectivity index (χ1) is 10.1. The average Bonchev–Trinajstić information content (AvgIpc) is 2.52. The maximum atomic E-state index is 11.3. The van der Waals surface area contributed by atoms with Crippen molar-refractivity contribution >= 4 is 5.97 Å². The number of pyridine rings is 1. The summed E-state index contributed by atoms with van der Waals surface area (Å²) in [6.07, 6.45) is 1.47. The van der Waals surface area contributed by atoms with E-state index in [0.717, 1.165) is 17.0 Å². The Labute approximate surface area is 123 Å². The molecule has 110 valence electrons. The summed E-state index contributed by atoms with van der Waals surface area (Å²) in [6.45, 7) is 2.22. The van der Waals surface area contributed by atoms with Gasteiger partial charge in [0.2, 0.25) is 0 Å². The predicted octanol–water partition coefficient (Wildman–Crippen LogP) is 2.47. The Morgan fingerprint density at radius 2 is 2.05 bits per heavy atom. The lowest BCUT2D eigenvalue weighted by Gasteiger charge is -2.13. The van der Waals surface area contributed by atoms with Crippen molar-refractivity contribution in [3.05, 3.63) is 59.4 Å². The van der Waals surface area contributed by atoms with Gasteiger partial charge in [-0.25, -0.2) is 4.79 Å². The summed E-state index contributed by atoms with van der Waals surface area (Å²) >= 11 is 0. The Bertz CT molecular complexity index is 609. The van der Waals surface area contributed by atoms with Crippen molar-refractivity contribution in [2.24, 2.45) is 5.73 Å². The minimum absolute atomic E-state index is 0.101. The fourth-order valence-corrected chi connectivity index (χ4v) is 1.89. The molecule has 0 spiro atoms. The fraction of sp³-hybridized carbons (Fsp3) is 0.250. The molecule has 0 amide bonds. The van der Waals surface area contributed by atoms with Gasteiger partial charge in [0.1, 0.15) is 12.4 Å². The van der Waals surface area contributed by atoms with E-state index in [1.165, 1.54) is 13.3 Å². The number of hydrogen-bond donors (Lipinski definition) is 1. The molecule has 0 unspecified atom stereocenters. The summed E-state index contributed by atoms with van der Waals surface area (Å²) < 4.78 is 10.4. The Morgan fingerprint density at radius 1 is 1.29 bits per heavy atom. The summed E-state index contributed by atoms with van der Waals surface area (Å²) in [5.74, 6) is 0.337. The van der Waals surface area contributed by atoms with Gasteiger partial charge in [0.25, 0.3) is 0 Å². The smallest absolute Gasteiger partial charge is 0.339 e. The number of ether oxygens (including phenoxy) is 2. The summed E-state index contributed by atoms with van der Waals surface area (Å²) in [5.41, 5.74) is 7.99. The third kappa shape index (κ3) is 3.79. The minimum atomic E-state index is -0.405. The predicted molar refractivity (Wildman–Crippen MR) is 79.0 cm³/mol. The number of nitrogens with zero attached hydrogens (tertiary/aromatic N) is 1. The zero-order valence-corrected chi connectivity index (χ0v) is 12.1. The Balaban J connectivity index is 2.05. The lowest BCUT2D eigenvalue weighted by molar-refractivity contribution is 0.0600. The van der Waals surface area contributed by atoms with E-state index in [2.05, 4.69) is 9.72 Å². The molecule has 2 rings (SSSR count). The fourth-order valence-electron chi connectivity index (χ4n) is 1.89. The number of para-hydroxylation sites is 1. The quantitative estimate of drug-likeness (QED) is 0.855. The van der Waals surface area contributed by atoms with Gasteiger partial charge in [-0.05, 0) is 25.1 Å². The highest BCUT2D eigenvalue weighted by Crippen LogP contribution is 2.23. The molecule has 5 heteroatoms. The molecule has 0 saturated heterocycles. The molecule has 2 aromatic rings. The molecule has 5 nitrogen and oxygen atoms in total. The van der Waals surface area contributed by atoms with Crippen LogP contribution in [0, 0.1) is 0 Å². The maximum absolute atomic E-state index is 11.3. The lowest BCUT2D eigenvalue weighted by Crippen LogP contribution is -2.08. The molecular weight excluding hydrogens is 268 g/mol. The van der Waals surface area contributed by atoms with Crippen molar-refractivity contribution in [1.29, 1.82) is 0 Å². The van der Waals surface area contributed by atoms with E-state index in [0.29, 0.717) is 12.2 Å². The summed E-state index contributed by atoms with van der Waals surface area (Å²) in [6, 6.07) is 10.9. The first kappa shape index (κ1) is 15.0. The van der Waals surface area contributed by atoms with Crippen LogP contribution in [0.4, 0.5) is 0 Å². The van der Waals surface area contributed by atoms with E-state index < -0.39 is 5.97 Å². The molecule has 2 N–H and O–H groups in total. The second kappa shape index (κ2) is 6.85.